The normalized spacial score (nSPS) is 11.1. The number of hydrogen-bond acceptors (Lipinski definition) is 2. The lowest BCUT2D eigenvalue weighted by Crippen LogP contribution is -2.02. The van der Waals surface area contributed by atoms with E-state index in [0.29, 0.717) is 0 Å². The van der Waals surface area contributed by atoms with Crippen LogP contribution in [0.1, 0.15) is 20.8 Å². The molecular formula is C8H15NO. The Morgan fingerprint density at radius 2 is 1.80 bits per heavy atom. The van der Waals surface area contributed by atoms with Crippen molar-refractivity contribution in [1.82, 2.24) is 5.06 Å². The smallest absolute Gasteiger partial charge is 0.0334 e. The molecular weight excluding hydrogens is 126 g/mol. The molecule has 2 heteroatoms. The maximum absolute atomic E-state index is 8.76. The Balaban J connectivity index is 4.08. The summed E-state index contributed by atoms with van der Waals surface area (Å²) < 4.78 is 0. The number of hydroxylamine groups is 2. The van der Waals surface area contributed by atoms with Crippen molar-refractivity contribution in [3.05, 3.63) is 23.4 Å². The third-order valence-corrected chi connectivity index (χ3v) is 0.907. The van der Waals surface area contributed by atoms with Gasteiger partial charge >= 0.3 is 0 Å². The first-order valence-corrected chi connectivity index (χ1v) is 3.27. The lowest BCUT2D eigenvalue weighted by molar-refractivity contribution is -0.0135. The Labute approximate surface area is 62.4 Å². The molecule has 0 aromatic carbocycles. The van der Waals surface area contributed by atoms with Crippen LogP contribution in [0.3, 0.4) is 0 Å². The summed E-state index contributed by atoms with van der Waals surface area (Å²) in [4.78, 5) is 0. The predicted octanol–water partition coefficient (Wildman–Crippen LogP) is 2.18. The van der Waals surface area contributed by atoms with Gasteiger partial charge in [0.25, 0.3) is 0 Å². The maximum atomic E-state index is 8.76. The van der Waals surface area contributed by atoms with Crippen LogP contribution in [0, 0.1) is 0 Å². The molecule has 0 aliphatic heterocycles. The van der Waals surface area contributed by atoms with Gasteiger partial charge in [0.15, 0.2) is 0 Å². The molecule has 0 atom stereocenters. The highest BCUT2D eigenvalue weighted by molar-refractivity contribution is 5.18. The Morgan fingerprint density at radius 1 is 1.30 bits per heavy atom. The highest BCUT2D eigenvalue weighted by Crippen LogP contribution is 2.00. The number of nitrogens with zero attached hydrogens (tertiary/aromatic N) is 1. The number of rotatable bonds is 2. The largest absolute Gasteiger partial charge is 0.289 e. The van der Waals surface area contributed by atoms with Crippen molar-refractivity contribution in [2.45, 2.75) is 20.8 Å². The van der Waals surface area contributed by atoms with Crippen molar-refractivity contribution >= 4 is 0 Å². The standard InChI is InChI=1S/C8H15NO/c1-7(2)5-8(3)6-9(4)10/h5-6,10H,1-4H3/b8-6-. The predicted molar refractivity (Wildman–Crippen MR) is 42.7 cm³/mol. The second kappa shape index (κ2) is 4.12. The van der Waals surface area contributed by atoms with E-state index < -0.39 is 0 Å². The van der Waals surface area contributed by atoms with Gasteiger partial charge in [0.2, 0.25) is 0 Å². The highest BCUT2D eigenvalue weighted by Gasteiger charge is 1.84. The van der Waals surface area contributed by atoms with E-state index in [2.05, 4.69) is 0 Å². The van der Waals surface area contributed by atoms with Crippen LogP contribution >= 0.6 is 0 Å². The van der Waals surface area contributed by atoms with E-state index in [1.165, 1.54) is 5.57 Å². The molecule has 10 heavy (non-hydrogen) atoms. The van der Waals surface area contributed by atoms with E-state index in [1.807, 2.05) is 26.8 Å². The summed E-state index contributed by atoms with van der Waals surface area (Å²) in [6, 6.07) is 0. The zero-order valence-corrected chi connectivity index (χ0v) is 7.05. The summed E-state index contributed by atoms with van der Waals surface area (Å²) in [6.07, 6.45) is 3.67. The molecule has 1 N–H and O–H groups in total. The van der Waals surface area contributed by atoms with Crippen LogP contribution in [0.5, 0.6) is 0 Å². The maximum Gasteiger partial charge on any atom is 0.0334 e. The molecule has 0 saturated carbocycles. The molecule has 0 aliphatic rings. The van der Waals surface area contributed by atoms with Crippen molar-refractivity contribution in [2.75, 3.05) is 7.05 Å². The van der Waals surface area contributed by atoms with Gasteiger partial charge in [-0.15, -0.1) is 0 Å². The van der Waals surface area contributed by atoms with Crippen molar-refractivity contribution in [2.24, 2.45) is 0 Å². The minimum absolute atomic E-state index is 1.05. The van der Waals surface area contributed by atoms with Crippen molar-refractivity contribution in [3.8, 4) is 0 Å². The molecule has 58 valence electrons. The summed E-state index contributed by atoms with van der Waals surface area (Å²) in [7, 11) is 1.59. The Morgan fingerprint density at radius 3 is 2.10 bits per heavy atom. The molecule has 0 spiro atoms. The van der Waals surface area contributed by atoms with Crippen LogP contribution in [-0.2, 0) is 0 Å². The van der Waals surface area contributed by atoms with Crippen LogP contribution in [0.2, 0.25) is 0 Å². The molecule has 0 saturated heterocycles. The molecule has 0 aromatic rings. The third-order valence-electron chi connectivity index (χ3n) is 0.907. The average molecular weight is 141 g/mol. The van der Waals surface area contributed by atoms with Crippen LogP contribution in [0.25, 0.3) is 0 Å². The third kappa shape index (κ3) is 5.38. The Hall–Kier alpha value is -0.760. The van der Waals surface area contributed by atoms with Crippen LogP contribution in [-0.4, -0.2) is 17.3 Å². The summed E-state index contributed by atoms with van der Waals surface area (Å²) in [5.74, 6) is 0. The molecule has 0 rings (SSSR count). The van der Waals surface area contributed by atoms with Crippen molar-refractivity contribution in [1.29, 1.82) is 0 Å². The number of allylic oxidation sites excluding steroid dienone is 3. The van der Waals surface area contributed by atoms with Gasteiger partial charge in [-0.2, -0.15) is 0 Å². The number of hydrogen-bond donors (Lipinski definition) is 1. The monoisotopic (exact) mass is 141 g/mol. The zero-order valence-electron chi connectivity index (χ0n) is 7.05. The topological polar surface area (TPSA) is 23.5 Å². The van der Waals surface area contributed by atoms with Gasteiger partial charge in [-0.05, 0) is 26.3 Å². The summed E-state index contributed by atoms with van der Waals surface area (Å²) in [6.45, 7) is 5.99. The lowest BCUT2D eigenvalue weighted by Gasteiger charge is -2.03. The Kier molecular flexibility index (Phi) is 3.81. The molecule has 0 unspecified atom stereocenters. The van der Waals surface area contributed by atoms with Gasteiger partial charge in [-0.25, -0.2) is 0 Å². The summed E-state index contributed by atoms with van der Waals surface area (Å²) in [5.41, 5.74) is 2.28. The van der Waals surface area contributed by atoms with E-state index in [0.717, 1.165) is 10.6 Å². The molecule has 0 heterocycles. The first-order valence-electron chi connectivity index (χ1n) is 3.27. The van der Waals surface area contributed by atoms with E-state index in [-0.39, 0.29) is 0 Å². The van der Waals surface area contributed by atoms with Crippen molar-refractivity contribution in [3.63, 3.8) is 0 Å². The van der Waals surface area contributed by atoms with Crippen molar-refractivity contribution < 1.29 is 5.21 Å². The van der Waals surface area contributed by atoms with Gasteiger partial charge < -0.3 is 0 Å². The second-order valence-corrected chi connectivity index (χ2v) is 2.67. The average Bonchev–Trinajstić information content (AvgIpc) is 1.58. The minimum Gasteiger partial charge on any atom is -0.289 e. The van der Waals surface area contributed by atoms with E-state index in [9.17, 15) is 0 Å². The fourth-order valence-electron chi connectivity index (χ4n) is 0.787. The molecule has 0 radical (unpaired) electrons. The first kappa shape index (κ1) is 9.24. The van der Waals surface area contributed by atoms with E-state index in [1.54, 1.807) is 13.2 Å². The van der Waals surface area contributed by atoms with Gasteiger partial charge in [-0.1, -0.05) is 11.6 Å². The first-order chi connectivity index (χ1) is 4.52. The van der Waals surface area contributed by atoms with E-state index in [4.69, 9.17) is 5.21 Å². The minimum atomic E-state index is 1.05. The Bertz CT molecular complexity index is 153. The summed E-state index contributed by atoms with van der Waals surface area (Å²) >= 11 is 0. The van der Waals surface area contributed by atoms with Crippen LogP contribution in [0.15, 0.2) is 23.4 Å². The lowest BCUT2D eigenvalue weighted by atomic mass is 10.2. The molecule has 0 bridgehead atoms. The van der Waals surface area contributed by atoms with Gasteiger partial charge in [0.1, 0.15) is 0 Å². The quantitative estimate of drug-likeness (QED) is 0.470. The van der Waals surface area contributed by atoms with Gasteiger partial charge in [-0.3, -0.25) is 10.3 Å². The molecule has 0 amide bonds. The SMILES string of the molecule is CC(C)=C/C(C)=C\N(C)O. The van der Waals surface area contributed by atoms with Crippen LogP contribution in [0.4, 0.5) is 0 Å². The molecule has 2 nitrogen and oxygen atoms in total. The fourth-order valence-corrected chi connectivity index (χ4v) is 0.787. The second-order valence-electron chi connectivity index (χ2n) is 2.67. The van der Waals surface area contributed by atoms with Crippen LogP contribution < -0.4 is 0 Å². The van der Waals surface area contributed by atoms with E-state index >= 15 is 0 Å². The van der Waals surface area contributed by atoms with Gasteiger partial charge in [0, 0.05) is 13.2 Å². The highest BCUT2D eigenvalue weighted by atomic mass is 16.5. The fraction of sp³-hybridized carbons (Fsp3) is 0.500. The molecule has 0 aliphatic carbocycles. The van der Waals surface area contributed by atoms with Gasteiger partial charge in [0.05, 0.1) is 0 Å². The summed E-state index contributed by atoms with van der Waals surface area (Å²) in [5, 5.41) is 9.81. The molecule has 0 fully saturated rings. The molecule has 0 aromatic heterocycles. The zero-order chi connectivity index (χ0) is 8.15.